The predicted molar refractivity (Wildman–Crippen MR) is 102 cm³/mol. The summed E-state index contributed by atoms with van der Waals surface area (Å²) in [6.07, 6.45) is 2.82. The highest BCUT2D eigenvalue weighted by Gasteiger charge is 2.32. The van der Waals surface area contributed by atoms with Gasteiger partial charge in [-0.2, -0.15) is 0 Å². The second kappa shape index (κ2) is 7.38. The predicted octanol–water partition coefficient (Wildman–Crippen LogP) is 2.46. The van der Waals surface area contributed by atoms with Crippen molar-refractivity contribution in [3.05, 3.63) is 65.9 Å². The van der Waals surface area contributed by atoms with E-state index in [-0.39, 0.29) is 28.6 Å². The molecule has 1 aromatic carbocycles. The van der Waals surface area contributed by atoms with Gasteiger partial charge in [-0.1, -0.05) is 18.2 Å². The smallest absolute Gasteiger partial charge is 0.335 e. The van der Waals surface area contributed by atoms with Crippen LogP contribution in [0.5, 0.6) is 0 Å². The maximum atomic E-state index is 12.5. The van der Waals surface area contributed by atoms with E-state index in [1.807, 2.05) is 0 Å². The molecule has 0 atom stereocenters. The van der Waals surface area contributed by atoms with Crippen LogP contribution in [0, 0.1) is 0 Å². The number of nitrogens with zero attached hydrogens (tertiary/aromatic N) is 1. The number of amides is 2. The normalized spacial score (nSPS) is 15.8. The first kappa shape index (κ1) is 18.3. The van der Waals surface area contributed by atoms with Crippen LogP contribution in [0.4, 0.5) is 0 Å². The number of aromatic carboxylic acids is 1. The zero-order chi connectivity index (χ0) is 19.6. The number of hydrogen-bond acceptors (Lipinski definition) is 5. The zero-order valence-corrected chi connectivity index (χ0v) is 14.8. The minimum atomic E-state index is -1.05. The van der Waals surface area contributed by atoms with Crippen LogP contribution in [0.15, 0.2) is 59.0 Å². The average Bonchev–Trinajstić information content (AvgIpc) is 3.11. The van der Waals surface area contributed by atoms with Gasteiger partial charge in [-0.25, -0.2) is 4.79 Å². The summed E-state index contributed by atoms with van der Waals surface area (Å²) in [5.74, 6) is -1.53. The summed E-state index contributed by atoms with van der Waals surface area (Å²) >= 11 is 4.99. The first-order valence-corrected chi connectivity index (χ1v) is 8.25. The molecular weight excluding hydrogens is 368 g/mol. The highest BCUT2D eigenvalue weighted by atomic mass is 32.1. The SMILES string of the molecule is C=CCN1C(=O)/C(=C/c2ccc(-c3cccc(C(=O)O)c3)o2)C(=O)NC1=S. The average molecular weight is 382 g/mol. The fraction of sp³-hybridized carbons (Fsp3) is 0.0526. The van der Waals surface area contributed by atoms with E-state index in [1.165, 1.54) is 29.2 Å². The van der Waals surface area contributed by atoms with E-state index in [0.29, 0.717) is 11.3 Å². The van der Waals surface area contributed by atoms with E-state index in [0.717, 1.165) is 0 Å². The minimum absolute atomic E-state index is 0.0210. The largest absolute Gasteiger partial charge is 0.478 e. The van der Waals surface area contributed by atoms with Gasteiger partial charge in [-0.3, -0.25) is 19.8 Å². The molecule has 0 saturated carbocycles. The zero-order valence-electron chi connectivity index (χ0n) is 14.0. The number of thiocarbonyl (C=S) groups is 1. The van der Waals surface area contributed by atoms with Crippen molar-refractivity contribution >= 4 is 41.2 Å². The Morgan fingerprint density at radius 1 is 1.30 bits per heavy atom. The third-order valence-electron chi connectivity index (χ3n) is 3.80. The van der Waals surface area contributed by atoms with Gasteiger partial charge in [0.1, 0.15) is 17.1 Å². The Morgan fingerprint density at radius 3 is 2.78 bits per heavy atom. The van der Waals surface area contributed by atoms with Crippen molar-refractivity contribution in [2.24, 2.45) is 0 Å². The van der Waals surface area contributed by atoms with Crippen LogP contribution in [0.3, 0.4) is 0 Å². The molecule has 1 aliphatic rings. The first-order valence-electron chi connectivity index (χ1n) is 7.84. The van der Waals surface area contributed by atoms with Gasteiger partial charge in [0.05, 0.1) is 5.56 Å². The Kier molecular flexibility index (Phi) is 5.00. The summed E-state index contributed by atoms with van der Waals surface area (Å²) in [6, 6.07) is 9.46. The van der Waals surface area contributed by atoms with Crippen LogP contribution < -0.4 is 5.32 Å². The van der Waals surface area contributed by atoms with Crippen LogP contribution >= 0.6 is 12.2 Å². The Balaban J connectivity index is 1.92. The Hall–Kier alpha value is -3.52. The summed E-state index contributed by atoms with van der Waals surface area (Å²) in [5.41, 5.74) is 0.568. The van der Waals surface area contributed by atoms with Gasteiger partial charge in [-0.05, 0) is 42.6 Å². The lowest BCUT2D eigenvalue weighted by Gasteiger charge is -2.27. The molecule has 1 aromatic heterocycles. The molecule has 0 bridgehead atoms. The van der Waals surface area contributed by atoms with Crippen LogP contribution in [-0.2, 0) is 9.59 Å². The molecule has 2 heterocycles. The van der Waals surface area contributed by atoms with E-state index in [4.69, 9.17) is 21.7 Å². The van der Waals surface area contributed by atoms with Crippen molar-refractivity contribution in [1.29, 1.82) is 0 Å². The molecule has 3 rings (SSSR count). The van der Waals surface area contributed by atoms with E-state index in [1.54, 1.807) is 24.3 Å². The molecule has 1 saturated heterocycles. The van der Waals surface area contributed by atoms with Crippen molar-refractivity contribution < 1.29 is 23.9 Å². The van der Waals surface area contributed by atoms with Gasteiger partial charge in [0.25, 0.3) is 11.8 Å². The van der Waals surface area contributed by atoms with Gasteiger partial charge < -0.3 is 9.52 Å². The molecule has 2 N–H and O–H groups in total. The fourth-order valence-electron chi connectivity index (χ4n) is 2.52. The van der Waals surface area contributed by atoms with Crippen LogP contribution in [0.2, 0.25) is 0 Å². The number of nitrogens with one attached hydrogen (secondary N) is 1. The van der Waals surface area contributed by atoms with Crippen molar-refractivity contribution in [3.8, 4) is 11.3 Å². The van der Waals surface area contributed by atoms with E-state index in [9.17, 15) is 14.4 Å². The minimum Gasteiger partial charge on any atom is -0.478 e. The van der Waals surface area contributed by atoms with Crippen LogP contribution in [0.25, 0.3) is 17.4 Å². The molecular formula is C19H14N2O5S. The second-order valence-corrected chi connectivity index (χ2v) is 6.00. The summed E-state index contributed by atoms with van der Waals surface area (Å²) in [4.78, 5) is 36.9. The summed E-state index contributed by atoms with van der Waals surface area (Å²) in [6.45, 7) is 3.73. The number of carbonyl (C=O) groups is 3. The molecule has 2 aromatic rings. The standard InChI is InChI=1S/C19H14N2O5S/c1-2-8-21-17(23)14(16(22)20-19(21)27)10-13-6-7-15(26-13)11-4-3-5-12(9-11)18(24)25/h2-7,9-10H,1,8H2,(H,24,25)(H,20,22,27)/b14-10+. The molecule has 136 valence electrons. The molecule has 1 aliphatic heterocycles. The summed E-state index contributed by atoms with van der Waals surface area (Å²) < 4.78 is 5.65. The molecule has 0 unspecified atom stereocenters. The summed E-state index contributed by atoms with van der Waals surface area (Å²) in [7, 11) is 0. The monoisotopic (exact) mass is 382 g/mol. The van der Waals surface area contributed by atoms with E-state index < -0.39 is 17.8 Å². The third-order valence-corrected chi connectivity index (χ3v) is 4.13. The number of furan rings is 1. The topological polar surface area (TPSA) is 99.8 Å². The Bertz CT molecular complexity index is 1010. The number of benzene rings is 1. The number of hydrogen-bond donors (Lipinski definition) is 2. The lowest BCUT2D eigenvalue weighted by atomic mass is 10.1. The van der Waals surface area contributed by atoms with Crippen molar-refractivity contribution in [1.82, 2.24) is 10.2 Å². The van der Waals surface area contributed by atoms with Crippen molar-refractivity contribution in [3.63, 3.8) is 0 Å². The van der Waals surface area contributed by atoms with Gasteiger partial charge in [0.15, 0.2) is 5.11 Å². The molecule has 7 nitrogen and oxygen atoms in total. The van der Waals surface area contributed by atoms with E-state index in [2.05, 4.69) is 11.9 Å². The highest BCUT2D eigenvalue weighted by Crippen LogP contribution is 2.25. The van der Waals surface area contributed by atoms with Crippen molar-refractivity contribution in [2.75, 3.05) is 6.54 Å². The van der Waals surface area contributed by atoms with Gasteiger partial charge in [0, 0.05) is 12.1 Å². The lowest BCUT2D eigenvalue weighted by Crippen LogP contribution is -2.53. The van der Waals surface area contributed by atoms with E-state index >= 15 is 0 Å². The molecule has 2 amide bonds. The Morgan fingerprint density at radius 2 is 2.07 bits per heavy atom. The van der Waals surface area contributed by atoms with Crippen LogP contribution in [0.1, 0.15) is 16.1 Å². The van der Waals surface area contributed by atoms with Crippen molar-refractivity contribution in [2.45, 2.75) is 0 Å². The third kappa shape index (κ3) is 3.70. The molecule has 8 heteroatoms. The molecule has 1 fully saturated rings. The quantitative estimate of drug-likeness (QED) is 0.357. The lowest BCUT2D eigenvalue weighted by molar-refractivity contribution is -0.128. The first-order chi connectivity index (χ1) is 12.9. The number of carboxylic acid groups (broad SMARTS) is 1. The summed E-state index contributed by atoms with van der Waals surface area (Å²) in [5, 5.41) is 11.6. The molecule has 0 aliphatic carbocycles. The number of carboxylic acids is 1. The highest BCUT2D eigenvalue weighted by molar-refractivity contribution is 7.80. The molecule has 0 radical (unpaired) electrons. The number of carbonyl (C=O) groups excluding carboxylic acids is 2. The van der Waals surface area contributed by atoms with Gasteiger partial charge >= 0.3 is 5.97 Å². The molecule has 0 spiro atoms. The van der Waals surface area contributed by atoms with Gasteiger partial charge in [0.2, 0.25) is 0 Å². The maximum Gasteiger partial charge on any atom is 0.335 e. The van der Waals surface area contributed by atoms with Crippen LogP contribution in [-0.4, -0.2) is 39.4 Å². The fourth-order valence-corrected chi connectivity index (χ4v) is 2.77. The van der Waals surface area contributed by atoms with Gasteiger partial charge in [-0.15, -0.1) is 6.58 Å². The number of rotatable bonds is 5. The maximum absolute atomic E-state index is 12.5. The Labute approximate surface area is 159 Å². The molecule has 27 heavy (non-hydrogen) atoms. The second-order valence-electron chi connectivity index (χ2n) is 5.61.